The van der Waals surface area contributed by atoms with Crippen molar-refractivity contribution in [2.45, 2.75) is 47.5 Å². The fourth-order valence-electron chi connectivity index (χ4n) is 1.71. The van der Waals surface area contributed by atoms with E-state index in [2.05, 4.69) is 62.3 Å². The van der Waals surface area contributed by atoms with Crippen LogP contribution in [0, 0.1) is 11.3 Å². The Hall–Kier alpha value is -1.36. The van der Waals surface area contributed by atoms with E-state index in [0.29, 0.717) is 17.7 Å². The Balaban J connectivity index is 2.96. The van der Waals surface area contributed by atoms with Crippen LogP contribution in [0.1, 0.15) is 53.0 Å². The third-order valence-corrected chi connectivity index (χ3v) is 3.87. The van der Waals surface area contributed by atoms with E-state index >= 15 is 0 Å². The molecule has 0 unspecified atom stereocenters. The van der Waals surface area contributed by atoms with Gasteiger partial charge in [-0.05, 0) is 17.3 Å². The van der Waals surface area contributed by atoms with Crippen LogP contribution in [0.4, 0.5) is 11.6 Å². The van der Waals surface area contributed by atoms with Gasteiger partial charge in [-0.25, -0.2) is 15.8 Å². The molecule has 1 aromatic heterocycles. The lowest BCUT2D eigenvalue weighted by Crippen LogP contribution is -2.29. The predicted molar refractivity (Wildman–Crippen MR) is 81.0 cm³/mol. The first-order valence-corrected chi connectivity index (χ1v) is 6.85. The zero-order valence-corrected chi connectivity index (χ0v) is 12.9. The van der Waals surface area contributed by atoms with Crippen LogP contribution < -0.4 is 16.6 Å². The van der Waals surface area contributed by atoms with Crippen molar-refractivity contribution >= 4 is 11.6 Å². The average Bonchev–Trinajstić information content (AvgIpc) is 2.35. The number of hydrazine groups is 1. The SMILES string of the molecule is CC(C)c1c(NN)ncnc1NCC(C)(C)C(C)C. The van der Waals surface area contributed by atoms with Gasteiger partial charge in [0, 0.05) is 12.1 Å². The van der Waals surface area contributed by atoms with E-state index in [1.165, 1.54) is 6.33 Å². The predicted octanol–water partition coefficient (Wildman–Crippen LogP) is 2.98. The molecule has 0 bridgehead atoms. The van der Waals surface area contributed by atoms with Gasteiger partial charge in [-0.15, -0.1) is 0 Å². The lowest BCUT2D eigenvalue weighted by molar-refractivity contribution is 0.269. The summed E-state index contributed by atoms with van der Waals surface area (Å²) >= 11 is 0. The maximum atomic E-state index is 5.52. The Kier molecular flexibility index (Phi) is 5.11. The molecule has 0 amide bonds. The van der Waals surface area contributed by atoms with Crippen molar-refractivity contribution in [2.24, 2.45) is 17.2 Å². The number of hydrogen-bond donors (Lipinski definition) is 3. The highest BCUT2D eigenvalue weighted by molar-refractivity contribution is 5.58. The van der Waals surface area contributed by atoms with Crippen LogP contribution >= 0.6 is 0 Å². The molecular weight excluding hydrogens is 238 g/mol. The fraction of sp³-hybridized carbons (Fsp3) is 0.714. The maximum absolute atomic E-state index is 5.52. The van der Waals surface area contributed by atoms with Gasteiger partial charge >= 0.3 is 0 Å². The first-order valence-electron chi connectivity index (χ1n) is 6.85. The Morgan fingerprint density at radius 2 is 1.74 bits per heavy atom. The number of nitrogens with two attached hydrogens (primary N) is 1. The van der Waals surface area contributed by atoms with E-state index < -0.39 is 0 Å². The summed E-state index contributed by atoms with van der Waals surface area (Å²) in [5.74, 6) is 7.97. The fourth-order valence-corrected chi connectivity index (χ4v) is 1.71. The summed E-state index contributed by atoms with van der Waals surface area (Å²) in [6, 6.07) is 0. The van der Waals surface area contributed by atoms with Crippen molar-refractivity contribution in [1.29, 1.82) is 0 Å². The minimum Gasteiger partial charge on any atom is -0.369 e. The summed E-state index contributed by atoms with van der Waals surface area (Å²) in [6.45, 7) is 14.1. The van der Waals surface area contributed by atoms with Crippen LogP contribution in [-0.4, -0.2) is 16.5 Å². The van der Waals surface area contributed by atoms with E-state index in [1.807, 2.05) is 0 Å². The zero-order valence-electron chi connectivity index (χ0n) is 12.9. The van der Waals surface area contributed by atoms with Gasteiger partial charge in [0.2, 0.25) is 0 Å². The van der Waals surface area contributed by atoms with Crippen LogP contribution in [0.25, 0.3) is 0 Å². The van der Waals surface area contributed by atoms with Gasteiger partial charge in [-0.3, -0.25) is 0 Å². The molecule has 0 aromatic carbocycles. The van der Waals surface area contributed by atoms with Gasteiger partial charge in [-0.1, -0.05) is 41.5 Å². The summed E-state index contributed by atoms with van der Waals surface area (Å²) in [7, 11) is 0. The van der Waals surface area contributed by atoms with E-state index in [1.54, 1.807) is 0 Å². The number of nitrogens with one attached hydrogen (secondary N) is 2. The summed E-state index contributed by atoms with van der Waals surface area (Å²) in [4.78, 5) is 8.52. The third kappa shape index (κ3) is 3.80. The minimum atomic E-state index is 0.204. The van der Waals surface area contributed by atoms with Crippen molar-refractivity contribution in [1.82, 2.24) is 9.97 Å². The standard InChI is InChI=1S/C14H27N5/c1-9(2)11-12(17-8-18-13(11)19-15)16-7-14(5,6)10(3)4/h8-10H,7,15H2,1-6H3,(H2,16,17,18,19). The molecule has 5 nitrogen and oxygen atoms in total. The molecule has 0 aliphatic rings. The summed E-state index contributed by atoms with van der Waals surface area (Å²) in [6.07, 6.45) is 1.53. The molecule has 0 radical (unpaired) electrons. The van der Waals surface area contributed by atoms with Crippen LogP contribution in [0.3, 0.4) is 0 Å². The van der Waals surface area contributed by atoms with Crippen LogP contribution in [-0.2, 0) is 0 Å². The molecule has 0 aliphatic carbocycles. The molecular formula is C14H27N5. The summed E-state index contributed by atoms with van der Waals surface area (Å²) in [5.41, 5.74) is 3.88. The van der Waals surface area contributed by atoms with Gasteiger partial charge in [0.25, 0.3) is 0 Å². The molecule has 4 N–H and O–H groups in total. The molecule has 0 atom stereocenters. The van der Waals surface area contributed by atoms with Gasteiger partial charge in [-0.2, -0.15) is 0 Å². The Labute approximate surface area is 116 Å². The van der Waals surface area contributed by atoms with Gasteiger partial charge in [0.05, 0.1) is 0 Å². The topological polar surface area (TPSA) is 75.9 Å². The molecule has 0 spiro atoms. The molecule has 0 saturated heterocycles. The van der Waals surface area contributed by atoms with Gasteiger partial charge in [0.1, 0.15) is 18.0 Å². The number of aromatic nitrogens is 2. The maximum Gasteiger partial charge on any atom is 0.148 e. The molecule has 1 rings (SSSR count). The van der Waals surface area contributed by atoms with Crippen molar-refractivity contribution < 1.29 is 0 Å². The van der Waals surface area contributed by atoms with E-state index in [9.17, 15) is 0 Å². The molecule has 0 saturated carbocycles. The molecule has 1 heterocycles. The van der Waals surface area contributed by atoms with Crippen LogP contribution in [0.5, 0.6) is 0 Å². The number of anilines is 2. The highest BCUT2D eigenvalue weighted by atomic mass is 15.3. The Morgan fingerprint density at radius 1 is 1.16 bits per heavy atom. The normalized spacial score (nSPS) is 12.1. The smallest absolute Gasteiger partial charge is 0.148 e. The zero-order chi connectivity index (χ0) is 14.6. The van der Waals surface area contributed by atoms with Gasteiger partial charge < -0.3 is 10.7 Å². The lowest BCUT2D eigenvalue weighted by Gasteiger charge is -2.30. The second-order valence-corrected chi connectivity index (χ2v) is 6.28. The summed E-state index contributed by atoms with van der Waals surface area (Å²) in [5, 5.41) is 3.44. The average molecular weight is 265 g/mol. The highest BCUT2D eigenvalue weighted by Crippen LogP contribution is 2.30. The van der Waals surface area contributed by atoms with E-state index in [0.717, 1.165) is 17.9 Å². The molecule has 19 heavy (non-hydrogen) atoms. The van der Waals surface area contributed by atoms with E-state index in [-0.39, 0.29) is 5.41 Å². The number of nitrogens with zero attached hydrogens (tertiary/aromatic N) is 2. The number of hydrogen-bond acceptors (Lipinski definition) is 5. The largest absolute Gasteiger partial charge is 0.369 e. The van der Waals surface area contributed by atoms with Crippen LogP contribution in [0.2, 0.25) is 0 Å². The number of rotatable bonds is 6. The number of nitrogen functional groups attached to an aromatic ring is 1. The quantitative estimate of drug-likeness (QED) is 0.544. The summed E-state index contributed by atoms with van der Waals surface area (Å²) < 4.78 is 0. The molecule has 108 valence electrons. The third-order valence-electron chi connectivity index (χ3n) is 3.87. The highest BCUT2D eigenvalue weighted by Gasteiger charge is 2.23. The van der Waals surface area contributed by atoms with Gasteiger partial charge in [0.15, 0.2) is 0 Å². The molecule has 0 fully saturated rings. The van der Waals surface area contributed by atoms with E-state index in [4.69, 9.17) is 5.84 Å². The lowest BCUT2D eigenvalue weighted by atomic mass is 9.81. The second kappa shape index (κ2) is 6.19. The molecule has 5 heteroatoms. The minimum absolute atomic E-state index is 0.204. The Bertz CT molecular complexity index is 412. The first-order chi connectivity index (χ1) is 8.79. The second-order valence-electron chi connectivity index (χ2n) is 6.28. The van der Waals surface area contributed by atoms with Crippen molar-refractivity contribution in [3.8, 4) is 0 Å². The van der Waals surface area contributed by atoms with Crippen molar-refractivity contribution in [2.75, 3.05) is 17.3 Å². The monoisotopic (exact) mass is 265 g/mol. The Morgan fingerprint density at radius 3 is 2.21 bits per heavy atom. The van der Waals surface area contributed by atoms with Crippen molar-refractivity contribution in [3.63, 3.8) is 0 Å². The van der Waals surface area contributed by atoms with Crippen molar-refractivity contribution in [3.05, 3.63) is 11.9 Å². The first kappa shape index (κ1) is 15.7. The molecule has 0 aliphatic heterocycles. The van der Waals surface area contributed by atoms with Crippen LogP contribution in [0.15, 0.2) is 6.33 Å². The molecule has 1 aromatic rings.